The largest absolute Gasteiger partial charge is 0.331 e. The van der Waals surface area contributed by atoms with Crippen LogP contribution < -0.4 is 11.3 Å². The van der Waals surface area contributed by atoms with Gasteiger partial charge in [-0.3, -0.25) is 15.0 Å². The maximum absolute atomic E-state index is 11.8. The normalized spacial score (nSPS) is 26.1. The van der Waals surface area contributed by atoms with E-state index in [2.05, 4.69) is 0 Å². The second-order valence-corrected chi connectivity index (χ2v) is 4.73. The smallest absolute Gasteiger partial charge is 0.323 e. The topological polar surface area (TPSA) is 75.4 Å². The van der Waals surface area contributed by atoms with Gasteiger partial charge >= 0.3 is 11.8 Å². The first-order chi connectivity index (χ1) is 7.74. The van der Waals surface area contributed by atoms with Crippen molar-refractivity contribution in [3.05, 3.63) is 0 Å². The molecule has 16 heavy (non-hydrogen) atoms. The molecule has 90 valence electrons. The predicted octanol–water partition coefficient (Wildman–Crippen LogP) is 0.157. The SMILES string of the molecule is NNC(=O)C(=O)N1CCCC1C1CCCC1. The van der Waals surface area contributed by atoms with Gasteiger partial charge in [-0.1, -0.05) is 12.8 Å². The summed E-state index contributed by atoms with van der Waals surface area (Å²) in [5.41, 5.74) is 1.92. The number of carbonyl (C=O) groups excluding carboxylic acids is 2. The third kappa shape index (κ3) is 2.04. The van der Waals surface area contributed by atoms with Crippen LogP contribution in [0, 0.1) is 5.92 Å². The third-order valence-electron chi connectivity index (χ3n) is 3.83. The van der Waals surface area contributed by atoms with Crippen LogP contribution in [0.2, 0.25) is 0 Å². The Balaban J connectivity index is 2.02. The highest BCUT2D eigenvalue weighted by molar-refractivity contribution is 6.34. The number of rotatable bonds is 1. The van der Waals surface area contributed by atoms with Gasteiger partial charge in [-0.2, -0.15) is 0 Å². The lowest BCUT2D eigenvalue weighted by atomic mass is 9.96. The van der Waals surface area contributed by atoms with E-state index < -0.39 is 11.8 Å². The molecule has 1 atom stereocenters. The molecule has 0 spiro atoms. The van der Waals surface area contributed by atoms with Crippen molar-refractivity contribution >= 4 is 11.8 Å². The van der Waals surface area contributed by atoms with Crippen molar-refractivity contribution in [3.63, 3.8) is 0 Å². The molecule has 1 heterocycles. The summed E-state index contributed by atoms with van der Waals surface area (Å²) in [4.78, 5) is 24.7. The summed E-state index contributed by atoms with van der Waals surface area (Å²) in [6.45, 7) is 0.702. The van der Waals surface area contributed by atoms with Crippen LogP contribution in [0.5, 0.6) is 0 Å². The summed E-state index contributed by atoms with van der Waals surface area (Å²) in [7, 11) is 0. The lowest BCUT2D eigenvalue weighted by molar-refractivity contribution is -0.147. The molecule has 2 rings (SSSR count). The van der Waals surface area contributed by atoms with Crippen LogP contribution in [0.25, 0.3) is 0 Å². The molecule has 2 amide bonds. The maximum atomic E-state index is 11.8. The Hall–Kier alpha value is -1.10. The minimum atomic E-state index is -0.690. The van der Waals surface area contributed by atoms with Crippen LogP contribution in [0.1, 0.15) is 38.5 Å². The molecule has 0 radical (unpaired) electrons. The zero-order valence-corrected chi connectivity index (χ0v) is 9.45. The summed E-state index contributed by atoms with van der Waals surface area (Å²) in [6.07, 6.45) is 6.94. The van der Waals surface area contributed by atoms with Crippen molar-refractivity contribution < 1.29 is 9.59 Å². The van der Waals surface area contributed by atoms with E-state index in [1.54, 1.807) is 4.90 Å². The number of carbonyl (C=O) groups is 2. The number of hydrogen-bond donors (Lipinski definition) is 2. The van der Waals surface area contributed by atoms with Gasteiger partial charge in [0.05, 0.1) is 0 Å². The second-order valence-electron chi connectivity index (χ2n) is 4.73. The number of nitrogens with two attached hydrogens (primary N) is 1. The van der Waals surface area contributed by atoms with Crippen LogP contribution >= 0.6 is 0 Å². The van der Waals surface area contributed by atoms with Crippen LogP contribution in [0.15, 0.2) is 0 Å². The van der Waals surface area contributed by atoms with Gasteiger partial charge < -0.3 is 4.90 Å². The number of hydrazine groups is 1. The minimum Gasteiger partial charge on any atom is -0.331 e. The van der Waals surface area contributed by atoms with Crippen LogP contribution in [0.4, 0.5) is 0 Å². The molecule has 1 unspecified atom stereocenters. The van der Waals surface area contributed by atoms with E-state index in [-0.39, 0.29) is 6.04 Å². The molecule has 0 bridgehead atoms. The van der Waals surface area contributed by atoms with Crippen LogP contribution in [-0.2, 0) is 9.59 Å². The van der Waals surface area contributed by atoms with Gasteiger partial charge in [0.2, 0.25) is 0 Å². The van der Waals surface area contributed by atoms with E-state index in [9.17, 15) is 9.59 Å². The fraction of sp³-hybridized carbons (Fsp3) is 0.818. The number of likely N-dealkylation sites (tertiary alicyclic amines) is 1. The Morgan fingerprint density at radius 3 is 2.44 bits per heavy atom. The molecule has 5 heteroatoms. The molecule has 0 aromatic carbocycles. The van der Waals surface area contributed by atoms with E-state index in [0.717, 1.165) is 12.8 Å². The molecule has 1 saturated carbocycles. The lowest BCUT2D eigenvalue weighted by Gasteiger charge is -2.28. The monoisotopic (exact) mass is 225 g/mol. The molecular weight excluding hydrogens is 206 g/mol. The van der Waals surface area contributed by atoms with Gasteiger partial charge in [-0.15, -0.1) is 0 Å². The van der Waals surface area contributed by atoms with Gasteiger partial charge in [0, 0.05) is 12.6 Å². The summed E-state index contributed by atoms with van der Waals surface area (Å²) < 4.78 is 0. The van der Waals surface area contributed by atoms with Crippen molar-refractivity contribution in [1.82, 2.24) is 10.3 Å². The highest BCUT2D eigenvalue weighted by Gasteiger charge is 2.37. The molecule has 2 aliphatic rings. The Labute approximate surface area is 95.3 Å². The first-order valence-electron chi connectivity index (χ1n) is 6.05. The second kappa shape index (κ2) is 4.82. The van der Waals surface area contributed by atoms with Crippen LogP contribution in [0.3, 0.4) is 0 Å². The Morgan fingerprint density at radius 2 is 1.81 bits per heavy atom. The molecule has 1 aliphatic heterocycles. The fourth-order valence-electron chi connectivity index (χ4n) is 3.07. The first-order valence-corrected chi connectivity index (χ1v) is 6.05. The van der Waals surface area contributed by atoms with E-state index in [0.29, 0.717) is 12.5 Å². The highest BCUT2D eigenvalue weighted by Crippen LogP contribution is 2.35. The molecule has 3 N–H and O–H groups in total. The summed E-state index contributed by atoms with van der Waals surface area (Å²) in [6, 6.07) is 0.271. The zero-order chi connectivity index (χ0) is 11.5. The van der Waals surface area contributed by atoms with Crippen LogP contribution in [-0.4, -0.2) is 29.3 Å². The molecule has 0 aromatic heterocycles. The Morgan fingerprint density at radius 1 is 1.12 bits per heavy atom. The van der Waals surface area contributed by atoms with Crippen molar-refractivity contribution in [2.75, 3.05) is 6.54 Å². The van der Waals surface area contributed by atoms with Gasteiger partial charge in [0.15, 0.2) is 0 Å². The highest BCUT2D eigenvalue weighted by atomic mass is 16.2. The minimum absolute atomic E-state index is 0.271. The lowest BCUT2D eigenvalue weighted by Crippen LogP contribution is -2.48. The molecule has 5 nitrogen and oxygen atoms in total. The molecule has 0 aromatic rings. The van der Waals surface area contributed by atoms with E-state index in [1.165, 1.54) is 25.7 Å². The Bertz CT molecular complexity index is 287. The maximum Gasteiger partial charge on any atom is 0.323 e. The van der Waals surface area contributed by atoms with E-state index in [4.69, 9.17) is 5.84 Å². The van der Waals surface area contributed by atoms with Crippen molar-refractivity contribution in [2.24, 2.45) is 11.8 Å². The van der Waals surface area contributed by atoms with Gasteiger partial charge in [0.1, 0.15) is 0 Å². The number of hydrogen-bond acceptors (Lipinski definition) is 3. The van der Waals surface area contributed by atoms with E-state index in [1.807, 2.05) is 5.43 Å². The molecule has 1 saturated heterocycles. The van der Waals surface area contributed by atoms with Crippen molar-refractivity contribution in [1.29, 1.82) is 0 Å². The van der Waals surface area contributed by atoms with Gasteiger partial charge in [-0.05, 0) is 31.6 Å². The third-order valence-corrected chi connectivity index (χ3v) is 3.83. The van der Waals surface area contributed by atoms with Gasteiger partial charge in [-0.25, -0.2) is 5.84 Å². The summed E-state index contributed by atoms with van der Waals surface area (Å²) in [5.74, 6) is 4.44. The van der Waals surface area contributed by atoms with E-state index >= 15 is 0 Å². The van der Waals surface area contributed by atoms with Gasteiger partial charge in [0.25, 0.3) is 0 Å². The summed E-state index contributed by atoms with van der Waals surface area (Å²) >= 11 is 0. The fourth-order valence-corrected chi connectivity index (χ4v) is 3.07. The zero-order valence-electron chi connectivity index (χ0n) is 9.45. The first kappa shape index (κ1) is 11.4. The van der Waals surface area contributed by atoms with Crippen molar-refractivity contribution in [3.8, 4) is 0 Å². The number of amides is 2. The number of nitrogens with one attached hydrogen (secondary N) is 1. The Kier molecular flexibility index (Phi) is 3.43. The molecule has 1 aliphatic carbocycles. The average Bonchev–Trinajstić information content (AvgIpc) is 2.95. The quantitative estimate of drug-likeness (QED) is 0.289. The molecule has 2 fully saturated rings. The predicted molar refractivity (Wildman–Crippen MR) is 59.0 cm³/mol. The van der Waals surface area contributed by atoms with Crippen molar-refractivity contribution in [2.45, 2.75) is 44.6 Å². The standard InChI is InChI=1S/C11H19N3O2/c12-13-10(15)11(16)14-7-3-6-9(14)8-4-1-2-5-8/h8-9H,1-7,12H2,(H,13,15). The number of nitrogens with zero attached hydrogens (tertiary/aromatic N) is 1. The molecular formula is C11H19N3O2. The average molecular weight is 225 g/mol. The summed E-state index contributed by atoms with van der Waals surface area (Å²) in [5, 5.41) is 0.